The van der Waals surface area contributed by atoms with E-state index in [0.29, 0.717) is 5.56 Å². The van der Waals surface area contributed by atoms with E-state index in [2.05, 4.69) is 0 Å². The zero-order valence-electron chi connectivity index (χ0n) is 12.9. The lowest BCUT2D eigenvalue weighted by molar-refractivity contribution is -0.196. The van der Waals surface area contributed by atoms with Crippen LogP contribution in [0.1, 0.15) is 18.4 Å². The summed E-state index contributed by atoms with van der Waals surface area (Å²) in [5, 5.41) is 57.0. The number of carbonyl (C=O) groups is 2. The van der Waals surface area contributed by atoms with E-state index in [-0.39, 0.29) is 11.5 Å². The average molecular weight is 354 g/mol. The lowest BCUT2D eigenvalue weighted by Crippen LogP contribution is -2.57. The largest absolute Gasteiger partial charge is 0.504 e. The second kappa shape index (κ2) is 7.09. The summed E-state index contributed by atoms with van der Waals surface area (Å²) in [7, 11) is 0. The van der Waals surface area contributed by atoms with Gasteiger partial charge in [-0.25, -0.2) is 9.59 Å². The summed E-state index contributed by atoms with van der Waals surface area (Å²) in [6, 6.07) is 3.83. The second-order valence-electron chi connectivity index (χ2n) is 5.86. The number of ether oxygens (including phenoxy) is 1. The molecule has 0 aromatic heterocycles. The highest BCUT2D eigenvalue weighted by molar-refractivity contribution is 5.87. The van der Waals surface area contributed by atoms with Gasteiger partial charge in [0.05, 0.1) is 6.10 Å². The molecule has 9 nitrogen and oxygen atoms in total. The van der Waals surface area contributed by atoms with Crippen LogP contribution in [-0.2, 0) is 14.3 Å². The summed E-state index contributed by atoms with van der Waals surface area (Å²) in [5.74, 6) is -3.24. The Morgan fingerprint density at radius 3 is 2.44 bits per heavy atom. The molecule has 0 aliphatic heterocycles. The van der Waals surface area contributed by atoms with Gasteiger partial charge in [0.1, 0.15) is 12.2 Å². The number of phenolic OH excluding ortho intramolecular Hbond substituents is 2. The number of esters is 1. The first-order chi connectivity index (χ1) is 11.6. The number of carbonyl (C=O) groups excluding carboxylic acids is 1. The van der Waals surface area contributed by atoms with Crippen LogP contribution < -0.4 is 0 Å². The number of hydrogen-bond acceptors (Lipinski definition) is 8. The number of rotatable bonds is 4. The number of carboxylic acid groups (broad SMARTS) is 1. The van der Waals surface area contributed by atoms with E-state index in [9.17, 15) is 35.1 Å². The van der Waals surface area contributed by atoms with Crippen molar-refractivity contribution < 1.29 is 45.0 Å². The van der Waals surface area contributed by atoms with Crippen LogP contribution in [0, 0.1) is 0 Å². The maximum absolute atomic E-state index is 11.8. The van der Waals surface area contributed by atoms with E-state index >= 15 is 0 Å². The third-order valence-corrected chi connectivity index (χ3v) is 3.94. The monoisotopic (exact) mass is 354 g/mol. The molecule has 1 saturated carbocycles. The van der Waals surface area contributed by atoms with Crippen molar-refractivity contribution in [3.05, 3.63) is 29.8 Å². The highest BCUT2D eigenvalue weighted by atomic mass is 16.6. The Labute approximate surface area is 142 Å². The van der Waals surface area contributed by atoms with Crippen molar-refractivity contribution in [2.75, 3.05) is 0 Å². The Hall–Kier alpha value is -2.62. The quantitative estimate of drug-likeness (QED) is 0.234. The van der Waals surface area contributed by atoms with E-state index in [0.717, 1.165) is 6.08 Å². The zero-order chi connectivity index (χ0) is 18.8. The Kier molecular flexibility index (Phi) is 5.31. The Morgan fingerprint density at radius 2 is 1.84 bits per heavy atom. The van der Waals surface area contributed by atoms with Gasteiger partial charge < -0.3 is 35.4 Å². The first kappa shape index (κ1) is 18.7. The molecule has 0 unspecified atom stereocenters. The summed E-state index contributed by atoms with van der Waals surface area (Å²) in [5.41, 5.74) is -1.94. The minimum absolute atomic E-state index is 0.327. The Bertz CT molecular complexity index is 699. The van der Waals surface area contributed by atoms with Gasteiger partial charge in [-0.15, -0.1) is 0 Å². The minimum Gasteiger partial charge on any atom is -0.504 e. The van der Waals surface area contributed by atoms with Gasteiger partial charge in [0, 0.05) is 18.9 Å². The molecule has 25 heavy (non-hydrogen) atoms. The summed E-state index contributed by atoms with van der Waals surface area (Å²) in [6.45, 7) is 0. The number of benzene rings is 1. The molecule has 136 valence electrons. The van der Waals surface area contributed by atoms with Crippen LogP contribution in [0.25, 0.3) is 6.08 Å². The summed E-state index contributed by atoms with van der Waals surface area (Å²) in [6.07, 6.45) is -3.44. The van der Waals surface area contributed by atoms with Crippen LogP contribution in [0.15, 0.2) is 24.3 Å². The maximum atomic E-state index is 11.8. The summed E-state index contributed by atoms with van der Waals surface area (Å²) in [4.78, 5) is 22.9. The van der Waals surface area contributed by atoms with Gasteiger partial charge in [-0.1, -0.05) is 6.07 Å². The predicted octanol–water partition coefficient (Wildman–Crippen LogP) is -0.646. The van der Waals surface area contributed by atoms with E-state index in [1.807, 2.05) is 0 Å². The molecule has 0 spiro atoms. The SMILES string of the molecule is O=C(/C=C/c1ccc(O)c(O)c1)O[C@H]1C[C@@](O)(C(=O)O)C[C@H](O)[C@@H]1O. The summed E-state index contributed by atoms with van der Waals surface area (Å²) >= 11 is 0. The van der Waals surface area contributed by atoms with Gasteiger partial charge in [-0.3, -0.25) is 0 Å². The molecule has 0 saturated heterocycles. The standard InChI is InChI=1S/C16H18O9/c17-9-3-1-8(5-10(9)18)2-4-13(20)25-12-7-16(24,15(22)23)6-11(19)14(12)21/h1-5,11-12,14,17-19,21,24H,6-7H2,(H,22,23)/b4-2+/t11-,12-,14-,16+/m0/s1. The number of aliphatic hydroxyl groups is 3. The number of aliphatic carboxylic acids is 1. The molecule has 1 aliphatic rings. The molecule has 1 aliphatic carbocycles. The van der Waals surface area contributed by atoms with Crippen LogP contribution in [0.5, 0.6) is 11.5 Å². The number of aliphatic hydroxyl groups excluding tert-OH is 2. The highest BCUT2D eigenvalue weighted by Crippen LogP contribution is 2.31. The molecular weight excluding hydrogens is 336 g/mol. The molecule has 1 aromatic rings. The molecule has 2 rings (SSSR count). The van der Waals surface area contributed by atoms with Gasteiger partial charge in [-0.2, -0.15) is 0 Å². The minimum atomic E-state index is -2.31. The fraction of sp³-hybridized carbons (Fsp3) is 0.375. The van der Waals surface area contributed by atoms with Crippen LogP contribution in [0.4, 0.5) is 0 Å². The average Bonchev–Trinajstić information content (AvgIpc) is 2.53. The van der Waals surface area contributed by atoms with Crippen molar-refractivity contribution in [3.8, 4) is 11.5 Å². The van der Waals surface area contributed by atoms with Crippen molar-refractivity contribution in [1.29, 1.82) is 0 Å². The number of carboxylic acids is 1. The Balaban J connectivity index is 2.06. The van der Waals surface area contributed by atoms with E-state index < -0.39 is 48.7 Å². The zero-order valence-corrected chi connectivity index (χ0v) is 12.9. The van der Waals surface area contributed by atoms with Crippen LogP contribution in [-0.4, -0.2) is 66.5 Å². The van der Waals surface area contributed by atoms with Crippen molar-refractivity contribution in [2.24, 2.45) is 0 Å². The molecule has 1 fully saturated rings. The Morgan fingerprint density at radius 1 is 1.16 bits per heavy atom. The van der Waals surface area contributed by atoms with Crippen molar-refractivity contribution in [1.82, 2.24) is 0 Å². The predicted molar refractivity (Wildman–Crippen MR) is 82.5 cm³/mol. The second-order valence-corrected chi connectivity index (χ2v) is 5.86. The van der Waals surface area contributed by atoms with Gasteiger partial charge in [0.15, 0.2) is 17.1 Å². The van der Waals surface area contributed by atoms with Gasteiger partial charge >= 0.3 is 11.9 Å². The first-order valence-electron chi connectivity index (χ1n) is 7.35. The van der Waals surface area contributed by atoms with E-state index in [1.165, 1.54) is 24.3 Å². The molecule has 0 radical (unpaired) electrons. The number of hydrogen-bond donors (Lipinski definition) is 6. The number of phenols is 2. The smallest absolute Gasteiger partial charge is 0.335 e. The lowest BCUT2D eigenvalue weighted by Gasteiger charge is -2.39. The van der Waals surface area contributed by atoms with E-state index in [1.54, 1.807) is 0 Å². The fourth-order valence-electron chi connectivity index (χ4n) is 2.53. The van der Waals surface area contributed by atoms with Crippen molar-refractivity contribution >= 4 is 18.0 Å². The molecule has 4 atom stereocenters. The topological polar surface area (TPSA) is 165 Å². The maximum Gasteiger partial charge on any atom is 0.335 e. The molecule has 0 amide bonds. The molecule has 0 heterocycles. The highest BCUT2D eigenvalue weighted by Gasteiger charge is 2.50. The first-order valence-corrected chi connectivity index (χ1v) is 7.35. The van der Waals surface area contributed by atoms with Crippen molar-refractivity contribution in [2.45, 2.75) is 36.8 Å². The molecule has 0 bridgehead atoms. The van der Waals surface area contributed by atoms with Crippen LogP contribution >= 0.6 is 0 Å². The molecule has 9 heteroatoms. The van der Waals surface area contributed by atoms with Crippen LogP contribution in [0.3, 0.4) is 0 Å². The number of aromatic hydroxyl groups is 2. The lowest BCUT2D eigenvalue weighted by atomic mass is 9.79. The normalized spacial score (nSPS) is 29.5. The third kappa shape index (κ3) is 4.27. The van der Waals surface area contributed by atoms with Gasteiger partial charge in [-0.05, 0) is 23.8 Å². The van der Waals surface area contributed by atoms with E-state index in [4.69, 9.17) is 9.84 Å². The molecule has 1 aromatic carbocycles. The third-order valence-electron chi connectivity index (χ3n) is 3.94. The van der Waals surface area contributed by atoms with Crippen molar-refractivity contribution in [3.63, 3.8) is 0 Å². The fourth-order valence-corrected chi connectivity index (χ4v) is 2.53. The van der Waals surface area contributed by atoms with Crippen LogP contribution in [0.2, 0.25) is 0 Å². The van der Waals surface area contributed by atoms with Gasteiger partial charge in [0.25, 0.3) is 0 Å². The molecular formula is C16H18O9. The summed E-state index contributed by atoms with van der Waals surface area (Å²) < 4.78 is 4.92. The van der Waals surface area contributed by atoms with Gasteiger partial charge in [0.2, 0.25) is 0 Å². The molecule has 6 N–H and O–H groups in total.